The molecule has 0 spiro atoms. The van der Waals surface area contributed by atoms with E-state index in [0.717, 1.165) is 10.7 Å². The number of morpholine rings is 1. The minimum absolute atomic E-state index is 0.0536. The standard InChI is InChI=1S/C20H26N4O4S/c1-13(18-22-17(12-29-18)20(2,3)4)21-15-6-5-14(11-16(15)24(26)27)19(25)23-7-9-28-10-8-23/h5-6,11-13,21H,7-10H2,1-4H3. The zero-order valence-electron chi connectivity index (χ0n) is 17.1. The summed E-state index contributed by atoms with van der Waals surface area (Å²) in [5.41, 5.74) is 1.49. The number of nitro benzene ring substituents is 1. The second-order valence-corrected chi connectivity index (χ2v) is 8.97. The van der Waals surface area contributed by atoms with E-state index < -0.39 is 4.92 Å². The number of nitrogens with one attached hydrogen (secondary N) is 1. The van der Waals surface area contributed by atoms with E-state index >= 15 is 0 Å². The molecule has 2 aromatic rings. The van der Waals surface area contributed by atoms with Crippen molar-refractivity contribution in [2.24, 2.45) is 0 Å². The molecule has 1 aliphatic heterocycles. The number of amides is 1. The number of carbonyl (C=O) groups is 1. The lowest BCUT2D eigenvalue weighted by atomic mass is 9.93. The highest BCUT2D eigenvalue weighted by Crippen LogP contribution is 2.32. The molecular weight excluding hydrogens is 392 g/mol. The normalized spacial score (nSPS) is 15.8. The molecule has 1 N–H and O–H groups in total. The van der Waals surface area contributed by atoms with Crippen molar-refractivity contribution in [1.82, 2.24) is 9.88 Å². The van der Waals surface area contributed by atoms with Crippen LogP contribution in [0.5, 0.6) is 0 Å². The summed E-state index contributed by atoms with van der Waals surface area (Å²) < 4.78 is 5.26. The summed E-state index contributed by atoms with van der Waals surface area (Å²) in [7, 11) is 0. The van der Waals surface area contributed by atoms with Crippen LogP contribution in [0.2, 0.25) is 0 Å². The Morgan fingerprint density at radius 1 is 1.34 bits per heavy atom. The maximum absolute atomic E-state index is 12.6. The third-order valence-electron chi connectivity index (χ3n) is 4.77. The van der Waals surface area contributed by atoms with E-state index in [9.17, 15) is 14.9 Å². The lowest BCUT2D eigenvalue weighted by Gasteiger charge is -2.26. The molecule has 8 nitrogen and oxygen atoms in total. The fourth-order valence-corrected chi connectivity index (χ4v) is 4.07. The van der Waals surface area contributed by atoms with E-state index in [2.05, 4.69) is 31.1 Å². The smallest absolute Gasteiger partial charge is 0.293 e. The number of aromatic nitrogens is 1. The third-order valence-corrected chi connectivity index (χ3v) is 5.80. The van der Waals surface area contributed by atoms with Gasteiger partial charge in [0.2, 0.25) is 0 Å². The topological polar surface area (TPSA) is 97.6 Å². The third kappa shape index (κ3) is 4.91. The first kappa shape index (κ1) is 21.2. The highest BCUT2D eigenvalue weighted by atomic mass is 32.1. The summed E-state index contributed by atoms with van der Waals surface area (Å²) in [6.07, 6.45) is 0. The van der Waals surface area contributed by atoms with Gasteiger partial charge in [-0.2, -0.15) is 0 Å². The number of carbonyl (C=O) groups excluding carboxylic acids is 1. The van der Waals surface area contributed by atoms with Crippen molar-refractivity contribution in [2.75, 3.05) is 31.6 Å². The van der Waals surface area contributed by atoms with Gasteiger partial charge in [0.15, 0.2) is 0 Å². The van der Waals surface area contributed by atoms with Crippen LogP contribution in [-0.4, -0.2) is 47.0 Å². The molecule has 2 heterocycles. The molecular formula is C20H26N4O4S. The Morgan fingerprint density at radius 3 is 2.62 bits per heavy atom. The molecule has 1 aliphatic rings. The summed E-state index contributed by atoms with van der Waals surface area (Å²) in [5.74, 6) is -0.217. The van der Waals surface area contributed by atoms with Gasteiger partial charge in [0.25, 0.3) is 11.6 Å². The van der Waals surface area contributed by atoms with Gasteiger partial charge in [0, 0.05) is 35.5 Å². The van der Waals surface area contributed by atoms with Crippen molar-refractivity contribution in [1.29, 1.82) is 0 Å². The van der Waals surface area contributed by atoms with E-state index in [0.29, 0.717) is 37.6 Å². The van der Waals surface area contributed by atoms with E-state index in [1.807, 2.05) is 12.3 Å². The van der Waals surface area contributed by atoms with Crippen LogP contribution >= 0.6 is 11.3 Å². The van der Waals surface area contributed by atoms with Gasteiger partial charge < -0.3 is 15.0 Å². The SMILES string of the molecule is CC(Nc1ccc(C(=O)N2CCOCC2)cc1[N+](=O)[O-])c1nc(C(C)(C)C)cs1. The quantitative estimate of drug-likeness (QED) is 0.582. The Labute approximate surface area is 174 Å². The molecule has 0 bridgehead atoms. The Bertz CT molecular complexity index is 900. The molecule has 156 valence electrons. The van der Waals surface area contributed by atoms with Crippen LogP contribution in [0, 0.1) is 10.1 Å². The zero-order chi connectivity index (χ0) is 21.2. The highest BCUT2D eigenvalue weighted by Gasteiger charge is 2.24. The number of hydrogen-bond acceptors (Lipinski definition) is 7. The summed E-state index contributed by atoms with van der Waals surface area (Å²) >= 11 is 1.53. The van der Waals surface area contributed by atoms with Crippen LogP contribution < -0.4 is 5.32 Å². The second-order valence-electron chi connectivity index (χ2n) is 8.08. The maximum Gasteiger partial charge on any atom is 0.293 e. The fraction of sp³-hybridized carbons (Fsp3) is 0.500. The summed E-state index contributed by atoms with van der Waals surface area (Å²) in [6, 6.07) is 4.37. The van der Waals surface area contributed by atoms with Gasteiger partial charge in [0.1, 0.15) is 10.7 Å². The number of nitro groups is 1. The average molecular weight is 419 g/mol. The molecule has 9 heteroatoms. The monoisotopic (exact) mass is 418 g/mol. The number of benzene rings is 1. The lowest BCUT2D eigenvalue weighted by molar-refractivity contribution is -0.384. The Kier molecular flexibility index (Phi) is 6.18. The van der Waals surface area contributed by atoms with Crippen molar-refractivity contribution < 1.29 is 14.5 Å². The average Bonchev–Trinajstić information content (AvgIpc) is 3.19. The van der Waals surface area contributed by atoms with Gasteiger partial charge >= 0.3 is 0 Å². The first-order chi connectivity index (χ1) is 13.7. The van der Waals surface area contributed by atoms with Gasteiger partial charge in [-0.25, -0.2) is 4.98 Å². The number of thiazole rings is 1. The molecule has 0 radical (unpaired) electrons. The zero-order valence-corrected chi connectivity index (χ0v) is 17.9. The molecule has 1 atom stereocenters. The van der Waals surface area contributed by atoms with Crippen molar-refractivity contribution in [3.05, 3.63) is 50.0 Å². The molecule has 0 aliphatic carbocycles. The molecule has 1 aromatic heterocycles. The van der Waals surface area contributed by atoms with Crippen LogP contribution in [-0.2, 0) is 10.2 Å². The van der Waals surface area contributed by atoms with Crippen molar-refractivity contribution in [3.63, 3.8) is 0 Å². The van der Waals surface area contributed by atoms with Crippen molar-refractivity contribution in [2.45, 2.75) is 39.2 Å². The Morgan fingerprint density at radius 2 is 2.03 bits per heavy atom. The molecule has 1 fully saturated rings. The maximum atomic E-state index is 12.6. The van der Waals surface area contributed by atoms with Crippen LogP contribution in [0.1, 0.15) is 54.8 Å². The minimum atomic E-state index is -0.465. The molecule has 1 amide bonds. The largest absolute Gasteiger partial charge is 0.378 e. The van der Waals surface area contributed by atoms with Crippen LogP contribution in [0.15, 0.2) is 23.6 Å². The minimum Gasteiger partial charge on any atom is -0.378 e. The van der Waals surface area contributed by atoms with Gasteiger partial charge in [-0.05, 0) is 19.1 Å². The van der Waals surface area contributed by atoms with Crippen molar-refractivity contribution in [3.8, 4) is 0 Å². The molecule has 1 unspecified atom stereocenters. The van der Waals surface area contributed by atoms with Crippen LogP contribution in [0.3, 0.4) is 0 Å². The molecule has 0 saturated carbocycles. The predicted molar refractivity (Wildman–Crippen MR) is 113 cm³/mol. The first-order valence-electron chi connectivity index (χ1n) is 9.54. The van der Waals surface area contributed by atoms with Crippen LogP contribution in [0.25, 0.3) is 0 Å². The van der Waals surface area contributed by atoms with E-state index in [4.69, 9.17) is 4.74 Å². The highest BCUT2D eigenvalue weighted by molar-refractivity contribution is 7.09. The van der Waals surface area contributed by atoms with Gasteiger partial charge in [0.05, 0.1) is 29.9 Å². The molecule has 29 heavy (non-hydrogen) atoms. The number of nitrogens with zero attached hydrogens (tertiary/aromatic N) is 3. The second kappa shape index (κ2) is 8.46. The fourth-order valence-electron chi connectivity index (χ4n) is 3.01. The van der Waals surface area contributed by atoms with Crippen molar-refractivity contribution >= 4 is 28.6 Å². The van der Waals surface area contributed by atoms with Gasteiger partial charge in [-0.15, -0.1) is 11.3 Å². The number of ether oxygens (including phenoxy) is 1. The van der Waals surface area contributed by atoms with E-state index in [1.54, 1.807) is 17.0 Å². The van der Waals surface area contributed by atoms with Gasteiger partial charge in [-0.3, -0.25) is 14.9 Å². The Balaban J connectivity index is 1.81. The number of hydrogen-bond donors (Lipinski definition) is 1. The lowest BCUT2D eigenvalue weighted by Crippen LogP contribution is -2.40. The van der Waals surface area contributed by atoms with Gasteiger partial charge in [-0.1, -0.05) is 20.8 Å². The first-order valence-corrected chi connectivity index (χ1v) is 10.4. The van der Waals surface area contributed by atoms with Crippen LogP contribution in [0.4, 0.5) is 11.4 Å². The summed E-state index contributed by atoms with van der Waals surface area (Å²) in [4.78, 5) is 30.1. The molecule has 1 aromatic carbocycles. The number of anilines is 1. The summed E-state index contributed by atoms with van der Waals surface area (Å²) in [5, 5.41) is 17.7. The van der Waals surface area contributed by atoms with E-state index in [-0.39, 0.29) is 23.1 Å². The predicted octanol–water partition coefficient (Wildman–Crippen LogP) is 3.99. The summed E-state index contributed by atoms with van der Waals surface area (Å²) in [6.45, 7) is 10.1. The number of rotatable bonds is 5. The molecule has 1 saturated heterocycles. The molecule has 3 rings (SSSR count). The van der Waals surface area contributed by atoms with E-state index in [1.165, 1.54) is 17.4 Å². The Hall–Kier alpha value is -2.52.